The number of ether oxygens (including phenoxy) is 1. The van der Waals surface area contributed by atoms with Crippen LogP contribution in [0.4, 0.5) is 11.4 Å². The van der Waals surface area contributed by atoms with Gasteiger partial charge in [0.2, 0.25) is 5.91 Å². The first-order chi connectivity index (χ1) is 6.63. The fraction of sp³-hybridized carbons (Fsp3) is 0.300. The molecule has 0 aromatic heterocycles. The molecule has 0 bridgehead atoms. The van der Waals surface area contributed by atoms with Crippen molar-refractivity contribution in [1.82, 2.24) is 0 Å². The lowest BCUT2D eigenvalue weighted by molar-refractivity contribution is -0.114. The number of nitrogen functional groups attached to an aromatic ring is 1. The summed E-state index contributed by atoms with van der Waals surface area (Å²) in [7, 11) is 0. The fourth-order valence-electron chi connectivity index (χ4n) is 1.12. The predicted molar refractivity (Wildman–Crippen MR) is 63.6 cm³/mol. The molecule has 0 fully saturated rings. The fourth-order valence-corrected chi connectivity index (χ4v) is 1.12. The van der Waals surface area contributed by atoms with Crippen molar-refractivity contribution in [1.29, 1.82) is 0 Å². The van der Waals surface area contributed by atoms with Crippen LogP contribution in [0, 0.1) is 0 Å². The minimum Gasteiger partial charge on any atom is -0.492 e. The first kappa shape index (κ1) is 13.6. The maximum Gasteiger partial charge on any atom is 0.221 e. The first-order valence-electron chi connectivity index (χ1n) is 4.43. The lowest BCUT2D eigenvalue weighted by Gasteiger charge is -2.08. The van der Waals surface area contributed by atoms with Crippen LogP contribution in [0.2, 0.25) is 0 Å². The van der Waals surface area contributed by atoms with E-state index in [0.29, 0.717) is 23.7 Å². The normalized spacial score (nSPS) is 8.93. The Morgan fingerprint density at radius 2 is 2.20 bits per heavy atom. The average molecular weight is 231 g/mol. The van der Waals surface area contributed by atoms with E-state index < -0.39 is 0 Å². The van der Waals surface area contributed by atoms with Crippen LogP contribution in [0.5, 0.6) is 5.75 Å². The van der Waals surface area contributed by atoms with Crippen LogP contribution in [-0.4, -0.2) is 12.5 Å². The van der Waals surface area contributed by atoms with Crippen LogP contribution in [0.3, 0.4) is 0 Å². The number of carbonyl (C=O) groups is 1. The van der Waals surface area contributed by atoms with Crippen molar-refractivity contribution in [2.45, 2.75) is 13.8 Å². The molecule has 1 aromatic rings. The second-order valence-electron chi connectivity index (χ2n) is 2.87. The van der Waals surface area contributed by atoms with Gasteiger partial charge in [0.1, 0.15) is 5.75 Å². The molecule has 0 unspecified atom stereocenters. The molecule has 0 spiro atoms. The molecule has 0 aliphatic carbocycles. The summed E-state index contributed by atoms with van der Waals surface area (Å²) in [5.74, 6) is 0.523. The van der Waals surface area contributed by atoms with E-state index >= 15 is 0 Å². The van der Waals surface area contributed by atoms with Crippen molar-refractivity contribution in [2.75, 3.05) is 17.7 Å². The molecule has 1 aromatic carbocycles. The van der Waals surface area contributed by atoms with Gasteiger partial charge in [-0.3, -0.25) is 4.79 Å². The minimum absolute atomic E-state index is 0. The highest BCUT2D eigenvalue weighted by atomic mass is 35.5. The standard InChI is InChI=1S/C10H14N2O2.ClH/c1-3-14-10-5-4-8(6-9(10)11)12-7(2)13;/h4-6H,3,11H2,1-2H3,(H,12,13);1H. The third-order valence-electron chi connectivity index (χ3n) is 1.63. The molecule has 4 nitrogen and oxygen atoms in total. The molecular formula is C10H15ClN2O2. The van der Waals surface area contributed by atoms with Gasteiger partial charge in [-0.1, -0.05) is 0 Å². The van der Waals surface area contributed by atoms with Gasteiger partial charge in [0.15, 0.2) is 0 Å². The summed E-state index contributed by atoms with van der Waals surface area (Å²) in [6.07, 6.45) is 0. The Morgan fingerprint density at radius 1 is 1.53 bits per heavy atom. The molecule has 0 saturated heterocycles. The summed E-state index contributed by atoms with van der Waals surface area (Å²) in [5, 5.41) is 2.64. The number of benzene rings is 1. The summed E-state index contributed by atoms with van der Waals surface area (Å²) < 4.78 is 5.26. The number of nitrogens with two attached hydrogens (primary N) is 1. The van der Waals surface area contributed by atoms with E-state index in [2.05, 4.69) is 5.32 Å². The largest absolute Gasteiger partial charge is 0.492 e. The zero-order valence-electron chi connectivity index (χ0n) is 8.74. The Kier molecular flexibility index (Phi) is 5.56. The molecule has 0 aliphatic rings. The molecule has 0 atom stereocenters. The second kappa shape index (κ2) is 6.14. The second-order valence-corrected chi connectivity index (χ2v) is 2.87. The highest BCUT2D eigenvalue weighted by molar-refractivity contribution is 5.89. The number of hydrogen-bond donors (Lipinski definition) is 2. The molecule has 0 heterocycles. The monoisotopic (exact) mass is 230 g/mol. The Balaban J connectivity index is 0.00000196. The van der Waals surface area contributed by atoms with E-state index in [9.17, 15) is 4.79 Å². The quantitative estimate of drug-likeness (QED) is 0.782. The maximum absolute atomic E-state index is 10.8. The van der Waals surface area contributed by atoms with E-state index in [4.69, 9.17) is 10.5 Å². The molecule has 0 saturated carbocycles. The number of halogens is 1. The highest BCUT2D eigenvalue weighted by Crippen LogP contribution is 2.24. The molecule has 0 radical (unpaired) electrons. The van der Waals surface area contributed by atoms with Gasteiger partial charge < -0.3 is 15.8 Å². The molecular weight excluding hydrogens is 216 g/mol. The van der Waals surface area contributed by atoms with E-state index in [1.54, 1.807) is 18.2 Å². The highest BCUT2D eigenvalue weighted by Gasteiger charge is 2.01. The Hall–Kier alpha value is -1.42. The topological polar surface area (TPSA) is 64.3 Å². The molecule has 3 N–H and O–H groups in total. The van der Waals surface area contributed by atoms with Gasteiger partial charge in [-0.15, -0.1) is 12.4 Å². The third-order valence-corrected chi connectivity index (χ3v) is 1.63. The van der Waals surface area contributed by atoms with Crippen molar-refractivity contribution < 1.29 is 9.53 Å². The predicted octanol–water partition coefficient (Wildman–Crippen LogP) is 2.05. The van der Waals surface area contributed by atoms with Gasteiger partial charge in [-0.2, -0.15) is 0 Å². The summed E-state index contributed by atoms with van der Waals surface area (Å²) in [4.78, 5) is 10.8. The number of hydrogen-bond acceptors (Lipinski definition) is 3. The van der Waals surface area contributed by atoms with Gasteiger partial charge in [-0.05, 0) is 25.1 Å². The van der Waals surface area contributed by atoms with Crippen molar-refractivity contribution in [3.05, 3.63) is 18.2 Å². The summed E-state index contributed by atoms with van der Waals surface area (Å²) in [6.45, 7) is 3.91. The van der Waals surface area contributed by atoms with Crippen molar-refractivity contribution >= 4 is 29.7 Å². The van der Waals surface area contributed by atoms with Gasteiger partial charge in [0.05, 0.1) is 12.3 Å². The molecule has 84 valence electrons. The van der Waals surface area contributed by atoms with Gasteiger partial charge in [0, 0.05) is 12.6 Å². The maximum atomic E-state index is 10.8. The number of amides is 1. The average Bonchev–Trinajstić information content (AvgIpc) is 2.09. The Morgan fingerprint density at radius 3 is 2.67 bits per heavy atom. The van der Waals surface area contributed by atoms with Crippen LogP contribution in [0.1, 0.15) is 13.8 Å². The molecule has 1 rings (SSSR count). The summed E-state index contributed by atoms with van der Waals surface area (Å²) in [5.41, 5.74) is 6.91. The van der Waals surface area contributed by atoms with Crippen LogP contribution >= 0.6 is 12.4 Å². The minimum atomic E-state index is -0.117. The zero-order valence-corrected chi connectivity index (χ0v) is 9.56. The molecule has 0 aliphatic heterocycles. The van der Waals surface area contributed by atoms with Crippen LogP contribution < -0.4 is 15.8 Å². The third kappa shape index (κ3) is 4.08. The van der Waals surface area contributed by atoms with Crippen molar-refractivity contribution in [2.24, 2.45) is 0 Å². The van der Waals surface area contributed by atoms with Crippen LogP contribution in [0.15, 0.2) is 18.2 Å². The van der Waals surface area contributed by atoms with Gasteiger partial charge >= 0.3 is 0 Å². The van der Waals surface area contributed by atoms with Gasteiger partial charge in [0.25, 0.3) is 0 Å². The lowest BCUT2D eigenvalue weighted by atomic mass is 10.2. The summed E-state index contributed by atoms with van der Waals surface area (Å²) >= 11 is 0. The Bertz CT molecular complexity index is 342. The van der Waals surface area contributed by atoms with Crippen LogP contribution in [0.25, 0.3) is 0 Å². The molecule has 5 heteroatoms. The zero-order chi connectivity index (χ0) is 10.6. The first-order valence-corrected chi connectivity index (χ1v) is 4.43. The van der Waals surface area contributed by atoms with Gasteiger partial charge in [-0.25, -0.2) is 0 Å². The van der Waals surface area contributed by atoms with E-state index in [1.165, 1.54) is 6.92 Å². The number of nitrogens with one attached hydrogen (secondary N) is 1. The summed E-state index contributed by atoms with van der Waals surface area (Å²) in [6, 6.07) is 5.17. The van der Waals surface area contributed by atoms with E-state index in [0.717, 1.165) is 0 Å². The van der Waals surface area contributed by atoms with Crippen LogP contribution in [-0.2, 0) is 4.79 Å². The number of rotatable bonds is 3. The lowest BCUT2D eigenvalue weighted by Crippen LogP contribution is -2.06. The van der Waals surface area contributed by atoms with Crippen molar-refractivity contribution in [3.63, 3.8) is 0 Å². The van der Waals surface area contributed by atoms with E-state index in [1.807, 2.05) is 6.92 Å². The molecule has 15 heavy (non-hydrogen) atoms. The number of carbonyl (C=O) groups excluding carboxylic acids is 1. The Labute approximate surface area is 95.2 Å². The number of anilines is 2. The molecule has 1 amide bonds. The SMILES string of the molecule is CCOc1ccc(NC(C)=O)cc1N.Cl. The smallest absolute Gasteiger partial charge is 0.221 e. The van der Waals surface area contributed by atoms with E-state index in [-0.39, 0.29) is 18.3 Å². The van der Waals surface area contributed by atoms with Crippen molar-refractivity contribution in [3.8, 4) is 5.75 Å².